The maximum Gasteiger partial charge on any atom is 0.335 e. The average molecular weight is 341 g/mol. The van der Waals surface area contributed by atoms with Gasteiger partial charge in [-0.3, -0.25) is 9.48 Å². The molecule has 25 heavy (non-hydrogen) atoms. The van der Waals surface area contributed by atoms with Gasteiger partial charge in [-0.1, -0.05) is 12.1 Å². The van der Waals surface area contributed by atoms with E-state index in [1.807, 2.05) is 30.1 Å². The Morgan fingerprint density at radius 3 is 2.64 bits per heavy atom. The molecule has 2 heterocycles. The lowest BCUT2D eigenvalue weighted by atomic mass is 9.90. The molecule has 1 aliphatic rings. The molecule has 2 aromatic rings. The SMILES string of the molecule is Cn1nccc1CCC(=O)N1CCC[C@@H](c2ccc(C(=O)O)cc2)C1. The molecule has 0 radical (unpaired) electrons. The predicted octanol–water partition coefficient (Wildman–Crippen LogP) is 2.46. The molecule has 1 saturated heterocycles. The third kappa shape index (κ3) is 4.07. The van der Waals surface area contributed by atoms with E-state index < -0.39 is 5.97 Å². The minimum atomic E-state index is -0.915. The second-order valence-electron chi connectivity index (χ2n) is 6.55. The molecule has 0 bridgehead atoms. The van der Waals surface area contributed by atoms with Crippen molar-refractivity contribution in [3.8, 4) is 0 Å². The number of carbonyl (C=O) groups excluding carboxylic acids is 1. The van der Waals surface area contributed by atoms with Gasteiger partial charge in [-0.2, -0.15) is 5.10 Å². The molecule has 0 spiro atoms. The minimum Gasteiger partial charge on any atom is -0.478 e. The predicted molar refractivity (Wildman–Crippen MR) is 93.5 cm³/mol. The van der Waals surface area contributed by atoms with Gasteiger partial charge in [0.25, 0.3) is 0 Å². The van der Waals surface area contributed by atoms with Gasteiger partial charge >= 0.3 is 5.97 Å². The third-order valence-electron chi connectivity index (χ3n) is 4.92. The summed E-state index contributed by atoms with van der Waals surface area (Å²) in [6, 6.07) is 8.97. The number of piperidine rings is 1. The van der Waals surface area contributed by atoms with Crippen molar-refractivity contribution in [1.29, 1.82) is 0 Å². The van der Waals surface area contributed by atoms with Gasteiger partial charge in [0, 0.05) is 44.4 Å². The average Bonchev–Trinajstić information content (AvgIpc) is 3.05. The summed E-state index contributed by atoms with van der Waals surface area (Å²) < 4.78 is 1.80. The zero-order valence-corrected chi connectivity index (χ0v) is 14.4. The normalized spacial score (nSPS) is 17.5. The van der Waals surface area contributed by atoms with E-state index in [0.717, 1.165) is 30.6 Å². The molecule has 6 nitrogen and oxygen atoms in total. The number of aromatic carboxylic acids is 1. The summed E-state index contributed by atoms with van der Waals surface area (Å²) in [4.78, 5) is 25.4. The molecule has 0 aliphatic carbocycles. The number of hydrogen-bond donors (Lipinski definition) is 1. The minimum absolute atomic E-state index is 0.174. The van der Waals surface area contributed by atoms with E-state index in [2.05, 4.69) is 5.10 Å². The summed E-state index contributed by atoms with van der Waals surface area (Å²) in [6.07, 6.45) is 4.94. The molecule has 0 unspecified atom stereocenters. The van der Waals surface area contributed by atoms with Crippen LogP contribution in [0.15, 0.2) is 36.5 Å². The first kappa shape index (κ1) is 17.2. The highest BCUT2D eigenvalue weighted by Crippen LogP contribution is 2.27. The topological polar surface area (TPSA) is 75.4 Å². The fourth-order valence-electron chi connectivity index (χ4n) is 3.41. The number of carboxylic acids is 1. The Kier molecular flexibility index (Phi) is 5.16. The molecule has 1 atom stereocenters. The number of aromatic nitrogens is 2. The number of benzene rings is 1. The molecule has 0 saturated carbocycles. The van der Waals surface area contributed by atoms with Crippen LogP contribution in [0.25, 0.3) is 0 Å². The van der Waals surface area contributed by atoms with Gasteiger partial charge in [-0.25, -0.2) is 4.79 Å². The molecule has 1 aromatic carbocycles. The van der Waals surface area contributed by atoms with Crippen molar-refractivity contribution in [3.05, 3.63) is 53.3 Å². The van der Waals surface area contributed by atoms with Crippen LogP contribution in [0.1, 0.15) is 46.8 Å². The fourth-order valence-corrected chi connectivity index (χ4v) is 3.41. The van der Waals surface area contributed by atoms with Crippen LogP contribution >= 0.6 is 0 Å². The van der Waals surface area contributed by atoms with E-state index in [0.29, 0.717) is 24.9 Å². The van der Waals surface area contributed by atoms with Crippen molar-refractivity contribution < 1.29 is 14.7 Å². The van der Waals surface area contributed by atoms with E-state index in [1.165, 1.54) is 0 Å². The summed E-state index contributed by atoms with van der Waals surface area (Å²) >= 11 is 0. The van der Waals surface area contributed by atoms with Crippen LogP contribution in [0.2, 0.25) is 0 Å². The van der Waals surface area contributed by atoms with Gasteiger partial charge in [0.15, 0.2) is 0 Å². The molecule has 3 rings (SSSR count). The number of carbonyl (C=O) groups is 2. The number of carboxylic acid groups (broad SMARTS) is 1. The zero-order chi connectivity index (χ0) is 17.8. The number of nitrogens with zero attached hydrogens (tertiary/aromatic N) is 3. The van der Waals surface area contributed by atoms with Crippen molar-refractivity contribution in [2.75, 3.05) is 13.1 Å². The Balaban J connectivity index is 1.59. The van der Waals surface area contributed by atoms with Crippen LogP contribution in [-0.4, -0.2) is 44.8 Å². The first-order chi connectivity index (χ1) is 12.0. The van der Waals surface area contributed by atoms with Gasteiger partial charge in [0.05, 0.1) is 5.56 Å². The quantitative estimate of drug-likeness (QED) is 0.906. The lowest BCUT2D eigenvalue weighted by Crippen LogP contribution is -2.39. The first-order valence-corrected chi connectivity index (χ1v) is 8.62. The van der Waals surface area contributed by atoms with E-state index in [-0.39, 0.29) is 11.8 Å². The van der Waals surface area contributed by atoms with Gasteiger partial charge in [0.2, 0.25) is 5.91 Å². The molecule has 1 aromatic heterocycles. The summed E-state index contributed by atoms with van der Waals surface area (Å²) in [6.45, 7) is 1.50. The highest BCUT2D eigenvalue weighted by Gasteiger charge is 2.24. The van der Waals surface area contributed by atoms with E-state index in [1.54, 1.807) is 23.0 Å². The van der Waals surface area contributed by atoms with Gasteiger partial charge in [-0.05, 0) is 43.0 Å². The zero-order valence-electron chi connectivity index (χ0n) is 14.4. The molecular formula is C19H23N3O3. The maximum atomic E-state index is 12.5. The molecule has 1 aliphatic heterocycles. The fraction of sp³-hybridized carbons (Fsp3) is 0.421. The molecule has 1 amide bonds. The third-order valence-corrected chi connectivity index (χ3v) is 4.92. The molecular weight excluding hydrogens is 318 g/mol. The first-order valence-electron chi connectivity index (χ1n) is 8.62. The number of likely N-dealkylation sites (tertiary alicyclic amines) is 1. The van der Waals surface area contributed by atoms with E-state index >= 15 is 0 Å². The van der Waals surface area contributed by atoms with Crippen molar-refractivity contribution >= 4 is 11.9 Å². The van der Waals surface area contributed by atoms with E-state index in [9.17, 15) is 9.59 Å². The molecule has 1 N–H and O–H groups in total. The number of rotatable bonds is 5. The smallest absolute Gasteiger partial charge is 0.335 e. The lowest BCUT2D eigenvalue weighted by molar-refractivity contribution is -0.132. The Labute approximate surface area is 147 Å². The monoisotopic (exact) mass is 341 g/mol. The van der Waals surface area contributed by atoms with Crippen LogP contribution in [0.5, 0.6) is 0 Å². The second-order valence-corrected chi connectivity index (χ2v) is 6.55. The Morgan fingerprint density at radius 2 is 2.00 bits per heavy atom. The largest absolute Gasteiger partial charge is 0.478 e. The van der Waals surface area contributed by atoms with Crippen LogP contribution in [0, 0.1) is 0 Å². The lowest BCUT2D eigenvalue weighted by Gasteiger charge is -2.33. The Hall–Kier alpha value is -2.63. The number of amides is 1. The summed E-state index contributed by atoms with van der Waals surface area (Å²) in [5, 5.41) is 13.1. The Morgan fingerprint density at radius 1 is 1.24 bits per heavy atom. The van der Waals surface area contributed by atoms with Crippen LogP contribution in [-0.2, 0) is 18.3 Å². The summed E-state index contributed by atoms with van der Waals surface area (Å²) in [5.74, 6) is -0.465. The van der Waals surface area contributed by atoms with Crippen molar-refractivity contribution in [3.63, 3.8) is 0 Å². The van der Waals surface area contributed by atoms with Crippen LogP contribution < -0.4 is 0 Å². The van der Waals surface area contributed by atoms with Gasteiger partial charge in [-0.15, -0.1) is 0 Å². The van der Waals surface area contributed by atoms with Crippen molar-refractivity contribution in [2.45, 2.75) is 31.6 Å². The van der Waals surface area contributed by atoms with Crippen LogP contribution in [0.4, 0.5) is 0 Å². The molecule has 1 fully saturated rings. The summed E-state index contributed by atoms with van der Waals surface area (Å²) in [7, 11) is 1.89. The van der Waals surface area contributed by atoms with Gasteiger partial charge < -0.3 is 10.0 Å². The van der Waals surface area contributed by atoms with Crippen molar-refractivity contribution in [1.82, 2.24) is 14.7 Å². The molecule has 132 valence electrons. The molecule has 6 heteroatoms. The number of hydrogen-bond acceptors (Lipinski definition) is 3. The van der Waals surface area contributed by atoms with Crippen molar-refractivity contribution in [2.24, 2.45) is 7.05 Å². The Bertz CT molecular complexity index is 752. The van der Waals surface area contributed by atoms with Crippen LogP contribution in [0.3, 0.4) is 0 Å². The maximum absolute atomic E-state index is 12.5. The van der Waals surface area contributed by atoms with E-state index in [4.69, 9.17) is 5.11 Å². The highest BCUT2D eigenvalue weighted by molar-refractivity contribution is 5.87. The highest BCUT2D eigenvalue weighted by atomic mass is 16.4. The second kappa shape index (κ2) is 7.51. The number of aryl methyl sites for hydroxylation is 2. The van der Waals surface area contributed by atoms with Gasteiger partial charge in [0.1, 0.15) is 0 Å². The standard InChI is InChI=1S/C19H23N3O3/c1-21-17(10-11-20-21)8-9-18(23)22-12-2-3-16(13-22)14-4-6-15(7-5-14)19(24)25/h4-7,10-11,16H,2-3,8-9,12-13H2,1H3,(H,24,25)/t16-/m1/s1. The summed E-state index contributed by atoms with van der Waals surface area (Å²) in [5.41, 5.74) is 2.46.